The molecule has 4 rings (SSSR count). The Morgan fingerprint density at radius 1 is 1.00 bits per heavy atom. The van der Waals surface area contributed by atoms with Crippen molar-refractivity contribution < 1.29 is 4.79 Å². The molecular formula is C24H22BrNO. The predicted octanol–water partition coefficient (Wildman–Crippen LogP) is 6.08. The second-order valence-corrected chi connectivity index (χ2v) is 7.89. The average Bonchev–Trinajstić information content (AvgIpc) is 3.03. The molecule has 2 atom stereocenters. The molecule has 3 heteroatoms. The first-order valence-corrected chi connectivity index (χ1v) is 10.2. The number of hydrogen-bond acceptors (Lipinski definition) is 2. The molecule has 3 aromatic rings. The largest absolute Gasteiger partial charge is 0.298 e. The number of rotatable bonds is 3. The Balaban J connectivity index is 1.84. The van der Waals surface area contributed by atoms with Gasteiger partial charge >= 0.3 is 0 Å². The molecule has 1 fully saturated rings. The van der Waals surface area contributed by atoms with Gasteiger partial charge in [-0.1, -0.05) is 77.5 Å². The number of carbonyl (C=O) groups excluding carboxylic acids is 1. The Morgan fingerprint density at radius 2 is 1.70 bits per heavy atom. The molecule has 1 aliphatic carbocycles. The smallest absolute Gasteiger partial charge is 0.153 e. The van der Waals surface area contributed by atoms with Crippen molar-refractivity contribution in [1.82, 2.24) is 0 Å². The van der Waals surface area contributed by atoms with Crippen molar-refractivity contribution in [3.05, 3.63) is 81.8 Å². The van der Waals surface area contributed by atoms with Crippen LogP contribution in [0.25, 0.3) is 10.8 Å². The van der Waals surface area contributed by atoms with Crippen LogP contribution in [0.1, 0.15) is 41.9 Å². The van der Waals surface area contributed by atoms with E-state index in [0.717, 1.165) is 27.7 Å². The minimum atomic E-state index is -0.244. The first-order valence-electron chi connectivity index (χ1n) is 9.40. The number of ketones is 1. The predicted molar refractivity (Wildman–Crippen MR) is 116 cm³/mol. The van der Waals surface area contributed by atoms with Crippen molar-refractivity contribution in [2.24, 2.45) is 4.99 Å². The summed E-state index contributed by atoms with van der Waals surface area (Å²) in [6.45, 7) is 2.13. The summed E-state index contributed by atoms with van der Waals surface area (Å²) in [6, 6.07) is 20.7. The molecule has 3 aromatic carbocycles. The zero-order chi connectivity index (χ0) is 19.0. The molecule has 0 aliphatic heterocycles. The lowest BCUT2D eigenvalue weighted by atomic mass is 9.87. The van der Waals surface area contributed by atoms with Crippen LogP contribution in [0, 0.1) is 0 Å². The highest BCUT2D eigenvalue weighted by molar-refractivity contribution is 9.10. The fourth-order valence-corrected chi connectivity index (χ4v) is 5.04. The summed E-state index contributed by atoms with van der Waals surface area (Å²) >= 11 is 3.66. The zero-order valence-corrected chi connectivity index (χ0v) is 17.2. The van der Waals surface area contributed by atoms with Gasteiger partial charge in [-0.2, -0.15) is 0 Å². The van der Waals surface area contributed by atoms with E-state index in [9.17, 15) is 4.79 Å². The minimum absolute atomic E-state index is 0.136. The van der Waals surface area contributed by atoms with Gasteiger partial charge in [0.15, 0.2) is 5.78 Å². The third-order valence-electron chi connectivity index (χ3n) is 5.68. The molecule has 0 N–H and O–H groups in total. The average molecular weight is 420 g/mol. The van der Waals surface area contributed by atoms with E-state index in [1.165, 1.54) is 16.3 Å². The Hall–Kier alpha value is -2.26. The third-order valence-corrected chi connectivity index (χ3v) is 6.42. The summed E-state index contributed by atoms with van der Waals surface area (Å²) in [7, 11) is 1.81. The number of aliphatic imine (C=N–C) groups is 1. The normalized spacial score (nSPS) is 21.3. The van der Waals surface area contributed by atoms with Gasteiger partial charge in [-0.3, -0.25) is 9.79 Å². The van der Waals surface area contributed by atoms with Crippen LogP contribution in [0.5, 0.6) is 0 Å². The van der Waals surface area contributed by atoms with Crippen molar-refractivity contribution in [1.29, 1.82) is 0 Å². The lowest BCUT2D eigenvalue weighted by Gasteiger charge is -2.17. The molecule has 27 heavy (non-hydrogen) atoms. The second kappa shape index (κ2) is 7.40. The quantitative estimate of drug-likeness (QED) is 0.505. The van der Waals surface area contributed by atoms with Crippen LogP contribution in [0.4, 0.5) is 0 Å². The van der Waals surface area contributed by atoms with E-state index in [1.54, 1.807) is 0 Å². The van der Waals surface area contributed by atoms with Gasteiger partial charge in [0.05, 0.1) is 5.92 Å². The van der Waals surface area contributed by atoms with Crippen LogP contribution in [-0.2, 0) is 11.2 Å². The number of fused-ring (bicyclic) bond motifs is 1. The number of nitrogens with zero attached hydrogens (tertiary/aromatic N) is 1. The van der Waals surface area contributed by atoms with Gasteiger partial charge in [-0.15, -0.1) is 0 Å². The van der Waals surface area contributed by atoms with Gasteiger partial charge in [0.25, 0.3) is 0 Å². The molecule has 0 amide bonds. The van der Waals surface area contributed by atoms with Crippen LogP contribution in [-0.4, -0.2) is 18.5 Å². The molecule has 2 nitrogen and oxygen atoms in total. The van der Waals surface area contributed by atoms with Gasteiger partial charge in [-0.05, 0) is 39.9 Å². The number of carbonyl (C=O) groups is 1. The van der Waals surface area contributed by atoms with E-state index >= 15 is 0 Å². The van der Waals surface area contributed by atoms with E-state index < -0.39 is 0 Å². The van der Waals surface area contributed by atoms with Crippen LogP contribution in [0.3, 0.4) is 0 Å². The fraction of sp³-hybridized carbons (Fsp3) is 0.250. The highest BCUT2D eigenvalue weighted by atomic mass is 79.9. The summed E-state index contributed by atoms with van der Waals surface area (Å²) in [5.41, 5.74) is 4.41. The highest BCUT2D eigenvalue weighted by Gasteiger charge is 2.42. The molecule has 0 radical (unpaired) electrons. The maximum absolute atomic E-state index is 13.6. The van der Waals surface area contributed by atoms with Crippen molar-refractivity contribution in [3.8, 4) is 0 Å². The maximum atomic E-state index is 13.6. The maximum Gasteiger partial charge on any atom is 0.153 e. The number of halogens is 1. The number of benzene rings is 3. The van der Waals surface area contributed by atoms with Gasteiger partial charge in [-0.25, -0.2) is 0 Å². The molecule has 1 saturated carbocycles. The second-order valence-electron chi connectivity index (χ2n) is 7.04. The summed E-state index contributed by atoms with van der Waals surface area (Å²) in [6.07, 6.45) is 1.58. The summed E-state index contributed by atoms with van der Waals surface area (Å²) in [5, 5.41) is 2.34. The molecule has 0 heterocycles. The summed E-state index contributed by atoms with van der Waals surface area (Å²) < 4.78 is 1.07. The van der Waals surface area contributed by atoms with E-state index in [0.29, 0.717) is 6.42 Å². The Bertz CT molecular complexity index is 1050. The molecule has 0 aromatic heterocycles. The lowest BCUT2D eigenvalue weighted by molar-refractivity contribution is -0.119. The standard InChI is InChI=1S/C24H22BrNO/c1-3-16-19(12-7-13-21(16)25)23-22(26-2)14-20(24(23)27)18-11-6-9-15-8-4-5-10-17(15)18/h4-13,20,23H,3,14H2,1-2H3. The number of hydrogen-bond donors (Lipinski definition) is 0. The summed E-state index contributed by atoms with van der Waals surface area (Å²) in [5.74, 6) is -0.116. The fourth-order valence-electron chi connectivity index (χ4n) is 4.38. The first kappa shape index (κ1) is 18.1. The Morgan fingerprint density at radius 3 is 2.48 bits per heavy atom. The van der Waals surface area contributed by atoms with Crippen molar-refractivity contribution in [2.45, 2.75) is 31.6 Å². The topological polar surface area (TPSA) is 29.4 Å². The van der Waals surface area contributed by atoms with E-state index in [4.69, 9.17) is 0 Å². The SMILES string of the molecule is CCc1c(Br)cccc1C1C(=O)C(c2cccc3ccccc23)CC1=NC. The molecule has 0 spiro atoms. The van der Waals surface area contributed by atoms with Gasteiger partial charge in [0.1, 0.15) is 0 Å². The minimum Gasteiger partial charge on any atom is -0.298 e. The van der Waals surface area contributed by atoms with E-state index in [-0.39, 0.29) is 17.6 Å². The monoisotopic (exact) mass is 419 g/mol. The first-order chi connectivity index (χ1) is 13.2. The molecule has 2 unspecified atom stereocenters. The number of Topliss-reactive ketones (excluding diaryl/α,β-unsaturated/α-hetero) is 1. The highest BCUT2D eigenvalue weighted by Crippen LogP contribution is 2.43. The van der Waals surface area contributed by atoms with Crippen molar-refractivity contribution in [3.63, 3.8) is 0 Å². The molecule has 1 aliphatic rings. The van der Waals surface area contributed by atoms with Crippen molar-refractivity contribution in [2.75, 3.05) is 7.05 Å². The van der Waals surface area contributed by atoms with Crippen molar-refractivity contribution >= 4 is 38.2 Å². The van der Waals surface area contributed by atoms with Gasteiger partial charge in [0.2, 0.25) is 0 Å². The van der Waals surface area contributed by atoms with E-state index in [2.05, 4.69) is 64.2 Å². The molecule has 136 valence electrons. The molecule has 0 saturated heterocycles. The van der Waals surface area contributed by atoms with E-state index in [1.807, 2.05) is 31.3 Å². The van der Waals surface area contributed by atoms with Crippen LogP contribution < -0.4 is 0 Å². The third kappa shape index (κ3) is 3.04. The Labute approximate surface area is 168 Å². The van der Waals surface area contributed by atoms with Crippen LogP contribution in [0.15, 0.2) is 70.1 Å². The lowest BCUT2D eigenvalue weighted by Crippen LogP contribution is -2.17. The van der Waals surface area contributed by atoms with Gasteiger partial charge in [0, 0.05) is 29.6 Å². The molecule has 0 bridgehead atoms. The molecular weight excluding hydrogens is 398 g/mol. The van der Waals surface area contributed by atoms with Gasteiger partial charge < -0.3 is 0 Å². The summed E-state index contributed by atoms with van der Waals surface area (Å²) in [4.78, 5) is 18.1. The van der Waals surface area contributed by atoms with Crippen LogP contribution >= 0.6 is 15.9 Å². The zero-order valence-electron chi connectivity index (χ0n) is 15.6. The van der Waals surface area contributed by atoms with Crippen LogP contribution in [0.2, 0.25) is 0 Å². The Kier molecular flexibility index (Phi) is 4.96.